The summed E-state index contributed by atoms with van der Waals surface area (Å²) in [5.41, 5.74) is 2.48. The fraction of sp³-hybridized carbons (Fsp3) is 0.500. The Morgan fingerprint density at radius 3 is 2.55 bits per heavy atom. The second-order valence-corrected chi connectivity index (χ2v) is 8.63. The highest BCUT2D eigenvalue weighted by Crippen LogP contribution is 2.24. The van der Waals surface area contributed by atoms with Crippen LogP contribution in [0.15, 0.2) is 23.3 Å². The van der Waals surface area contributed by atoms with Crippen LogP contribution in [-0.2, 0) is 18.0 Å². The minimum absolute atomic E-state index is 0.0703. The number of aryl methyl sites for hydroxylation is 2. The van der Waals surface area contributed by atoms with E-state index in [0.29, 0.717) is 10.9 Å². The van der Waals surface area contributed by atoms with Crippen molar-refractivity contribution < 1.29 is 4.21 Å². The van der Waals surface area contributed by atoms with Crippen LogP contribution in [0.25, 0.3) is 10.9 Å². The average Bonchev–Trinajstić information content (AvgIpc) is 2.41. The first-order valence-electron chi connectivity index (χ1n) is 7.25. The molecule has 1 N–H and O–H groups in total. The average molecular weight is 321 g/mol. The molecule has 0 saturated heterocycles. The van der Waals surface area contributed by atoms with E-state index in [-0.39, 0.29) is 16.3 Å². The molecule has 1 heterocycles. The van der Waals surface area contributed by atoms with E-state index in [4.69, 9.17) is 0 Å². The molecular formula is C16H23N3O2S. The van der Waals surface area contributed by atoms with Gasteiger partial charge in [0.1, 0.15) is 0 Å². The molecular weight excluding hydrogens is 298 g/mol. The smallest absolute Gasteiger partial charge is 0.260 e. The fourth-order valence-corrected chi connectivity index (χ4v) is 3.03. The topological polar surface area (TPSA) is 64.0 Å². The van der Waals surface area contributed by atoms with Gasteiger partial charge in [0.05, 0.1) is 33.0 Å². The van der Waals surface area contributed by atoms with Crippen LogP contribution >= 0.6 is 0 Å². The van der Waals surface area contributed by atoms with Crippen LogP contribution in [0.4, 0.5) is 0 Å². The Morgan fingerprint density at radius 1 is 1.32 bits per heavy atom. The van der Waals surface area contributed by atoms with Crippen molar-refractivity contribution in [2.45, 2.75) is 45.4 Å². The highest BCUT2D eigenvalue weighted by Gasteiger charge is 2.23. The van der Waals surface area contributed by atoms with Crippen LogP contribution in [0.3, 0.4) is 0 Å². The van der Waals surface area contributed by atoms with Crippen molar-refractivity contribution in [3.63, 3.8) is 0 Å². The van der Waals surface area contributed by atoms with Gasteiger partial charge in [-0.15, -0.1) is 0 Å². The molecule has 0 aliphatic rings. The van der Waals surface area contributed by atoms with Gasteiger partial charge in [0.25, 0.3) is 5.56 Å². The number of benzene rings is 1. The summed E-state index contributed by atoms with van der Waals surface area (Å²) in [6.45, 7) is 9.65. The Labute approximate surface area is 133 Å². The Bertz CT molecular complexity index is 790. The van der Waals surface area contributed by atoms with Crippen LogP contribution in [0.2, 0.25) is 0 Å². The summed E-state index contributed by atoms with van der Waals surface area (Å²) in [5.74, 6) is 0. The monoisotopic (exact) mass is 321 g/mol. The standard InChI is InChI=1S/C16H23N3O2S/c1-10-7-12(11(2)18-22(21)16(3,4)5)14-13(8-10)15(20)19(6)9-17-14/h7-9,11,18H,1-6H3/t11-,22-/m1/s1. The summed E-state index contributed by atoms with van der Waals surface area (Å²) in [5, 5.41) is 0.593. The summed E-state index contributed by atoms with van der Waals surface area (Å²) >= 11 is 0. The molecule has 120 valence electrons. The normalized spacial score (nSPS) is 15.0. The number of nitrogens with one attached hydrogen (secondary N) is 1. The summed E-state index contributed by atoms with van der Waals surface area (Å²) in [7, 11) is 0.499. The molecule has 22 heavy (non-hydrogen) atoms. The Balaban J connectivity index is 2.54. The highest BCUT2D eigenvalue weighted by atomic mass is 32.2. The molecule has 2 aromatic rings. The number of nitrogens with zero attached hydrogens (tertiary/aromatic N) is 2. The Morgan fingerprint density at radius 2 is 1.95 bits per heavy atom. The molecule has 0 amide bonds. The second kappa shape index (κ2) is 5.93. The van der Waals surface area contributed by atoms with Crippen LogP contribution < -0.4 is 10.3 Å². The molecule has 0 spiro atoms. The van der Waals surface area contributed by atoms with E-state index in [1.165, 1.54) is 10.9 Å². The van der Waals surface area contributed by atoms with Crippen LogP contribution in [0.1, 0.15) is 44.9 Å². The molecule has 0 aliphatic carbocycles. The zero-order valence-corrected chi connectivity index (χ0v) is 14.7. The van der Waals surface area contributed by atoms with Crippen LogP contribution in [-0.4, -0.2) is 18.5 Å². The van der Waals surface area contributed by atoms with Crippen LogP contribution in [0, 0.1) is 6.92 Å². The lowest BCUT2D eigenvalue weighted by Crippen LogP contribution is -2.35. The minimum atomic E-state index is -1.19. The molecule has 0 radical (unpaired) electrons. The van der Waals surface area contributed by atoms with E-state index in [1.54, 1.807) is 7.05 Å². The summed E-state index contributed by atoms with van der Waals surface area (Å²) < 4.78 is 16.5. The molecule has 0 bridgehead atoms. The van der Waals surface area contributed by atoms with Crippen LogP contribution in [0.5, 0.6) is 0 Å². The predicted octanol–water partition coefficient (Wildman–Crippen LogP) is 2.35. The molecule has 1 aromatic carbocycles. The summed E-state index contributed by atoms with van der Waals surface area (Å²) in [6, 6.07) is 3.68. The molecule has 6 heteroatoms. The lowest BCUT2D eigenvalue weighted by atomic mass is 10.0. The lowest BCUT2D eigenvalue weighted by Gasteiger charge is -2.23. The van der Waals surface area contributed by atoms with Gasteiger partial charge in [0, 0.05) is 13.1 Å². The van der Waals surface area contributed by atoms with Gasteiger partial charge in [-0.3, -0.25) is 4.79 Å². The van der Waals surface area contributed by atoms with Gasteiger partial charge >= 0.3 is 0 Å². The van der Waals surface area contributed by atoms with Crippen molar-refractivity contribution in [1.82, 2.24) is 14.3 Å². The van der Waals surface area contributed by atoms with Crippen molar-refractivity contribution in [2.75, 3.05) is 0 Å². The first-order valence-corrected chi connectivity index (χ1v) is 8.40. The highest BCUT2D eigenvalue weighted by molar-refractivity contribution is 7.84. The van der Waals surface area contributed by atoms with E-state index in [9.17, 15) is 9.00 Å². The van der Waals surface area contributed by atoms with Crippen molar-refractivity contribution in [1.29, 1.82) is 0 Å². The SMILES string of the molecule is Cc1cc([C@@H](C)N[S@](=O)C(C)(C)C)c2ncn(C)c(=O)c2c1. The van der Waals surface area contributed by atoms with E-state index >= 15 is 0 Å². The molecule has 2 rings (SSSR count). The molecule has 0 aliphatic heterocycles. The quantitative estimate of drug-likeness (QED) is 0.944. The van der Waals surface area contributed by atoms with Gasteiger partial charge in [-0.05, 0) is 51.8 Å². The number of hydrogen-bond acceptors (Lipinski definition) is 3. The van der Waals surface area contributed by atoms with Gasteiger partial charge in [-0.1, -0.05) is 6.07 Å². The third-order valence-electron chi connectivity index (χ3n) is 3.50. The van der Waals surface area contributed by atoms with Gasteiger partial charge in [0.15, 0.2) is 0 Å². The van der Waals surface area contributed by atoms with E-state index < -0.39 is 11.0 Å². The first kappa shape index (κ1) is 16.8. The number of hydrogen-bond donors (Lipinski definition) is 1. The molecule has 0 saturated carbocycles. The zero-order chi connectivity index (χ0) is 16.7. The summed E-state index contributed by atoms with van der Waals surface area (Å²) in [6.07, 6.45) is 1.52. The fourth-order valence-electron chi connectivity index (χ4n) is 2.23. The third-order valence-corrected chi connectivity index (χ3v) is 5.18. The molecule has 0 fully saturated rings. The number of rotatable bonds is 3. The van der Waals surface area contributed by atoms with Gasteiger partial charge in [0.2, 0.25) is 0 Å². The number of aromatic nitrogens is 2. The molecule has 5 nitrogen and oxygen atoms in total. The third kappa shape index (κ3) is 3.28. The van der Waals surface area contributed by atoms with Gasteiger partial charge in [-0.25, -0.2) is 13.9 Å². The zero-order valence-electron chi connectivity index (χ0n) is 13.9. The minimum Gasteiger partial charge on any atom is -0.302 e. The van der Waals surface area contributed by atoms with Gasteiger partial charge < -0.3 is 4.57 Å². The van der Waals surface area contributed by atoms with E-state index in [0.717, 1.165) is 11.1 Å². The van der Waals surface area contributed by atoms with Gasteiger partial charge in [-0.2, -0.15) is 0 Å². The van der Waals surface area contributed by atoms with Crippen molar-refractivity contribution in [3.05, 3.63) is 39.9 Å². The molecule has 2 atom stereocenters. The predicted molar refractivity (Wildman–Crippen MR) is 91.2 cm³/mol. The Hall–Kier alpha value is -1.53. The van der Waals surface area contributed by atoms with Crippen molar-refractivity contribution >= 4 is 21.9 Å². The Kier molecular flexibility index (Phi) is 4.54. The van der Waals surface area contributed by atoms with E-state index in [1.807, 2.05) is 46.8 Å². The summed E-state index contributed by atoms with van der Waals surface area (Å²) in [4.78, 5) is 16.7. The maximum absolute atomic E-state index is 12.3. The lowest BCUT2D eigenvalue weighted by molar-refractivity contribution is 0.617. The van der Waals surface area contributed by atoms with Crippen molar-refractivity contribution in [2.24, 2.45) is 7.05 Å². The molecule has 0 unspecified atom stereocenters. The number of fused-ring (bicyclic) bond motifs is 1. The maximum Gasteiger partial charge on any atom is 0.260 e. The second-order valence-electron chi connectivity index (χ2n) is 6.63. The first-order chi connectivity index (χ1) is 10.1. The maximum atomic E-state index is 12.3. The van der Waals surface area contributed by atoms with E-state index in [2.05, 4.69) is 9.71 Å². The van der Waals surface area contributed by atoms with Crippen molar-refractivity contribution in [3.8, 4) is 0 Å². The molecule has 1 aromatic heterocycles. The largest absolute Gasteiger partial charge is 0.302 e.